The predicted molar refractivity (Wildman–Crippen MR) is 229 cm³/mol. The Kier molecular flexibility index (Phi) is 17.8. The molecule has 2 aliphatic rings. The van der Waals surface area contributed by atoms with Gasteiger partial charge in [0, 0.05) is 43.2 Å². The zero-order valence-corrected chi connectivity index (χ0v) is 34.7. The third-order valence-electron chi connectivity index (χ3n) is 11.7. The Balaban J connectivity index is 1.49. The van der Waals surface area contributed by atoms with Gasteiger partial charge in [0.15, 0.2) is 5.96 Å². The largest absolute Gasteiger partial charge is 0.392 e. The molecule has 0 aliphatic carbocycles. The lowest BCUT2D eigenvalue weighted by Crippen LogP contribution is -2.62. The molecule has 336 valence electrons. The number of hydrogen-bond acceptors (Lipinski definition) is 13. The molecule has 3 amide bonds. The molecule has 1 aromatic heterocycles. The Morgan fingerprint density at radius 3 is 2.36 bits per heavy atom. The Hall–Kier alpha value is -4.70. The number of benzene rings is 2. The van der Waals surface area contributed by atoms with E-state index in [1.807, 2.05) is 54.6 Å². The molecule has 19 heteroatoms. The molecule has 2 saturated heterocycles. The van der Waals surface area contributed by atoms with Crippen LogP contribution in [-0.2, 0) is 27.2 Å². The smallest absolute Gasteiger partial charge is 0.237 e. The van der Waals surface area contributed by atoms with Crippen molar-refractivity contribution in [3.63, 3.8) is 0 Å². The van der Waals surface area contributed by atoms with Crippen LogP contribution < -0.4 is 43.4 Å². The van der Waals surface area contributed by atoms with Crippen molar-refractivity contribution in [2.45, 2.75) is 126 Å². The number of H-pyrrole nitrogens is 1. The van der Waals surface area contributed by atoms with Gasteiger partial charge in [0.05, 0.1) is 36.3 Å². The molecular weight excluding hydrogens is 787 g/mol. The predicted octanol–water partition coefficient (Wildman–Crippen LogP) is -1.90. The number of carbonyl (C=O) groups excluding carboxylic acids is 3. The van der Waals surface area contributed by atoms with E-state index in [0.717, 1.165) is 22.0 Å². The number of guanidine groups is 1. The van der Waals surface area contributed by atoms with Crippen LogP contribution in [0.15, 0.2) is 60.8 Å². The molecule has 0 bridgehead atoms. The molecule has 17 N–H and O–H groups in total. The van der Waals surface area contributed by atoms with Gasteiger partial charge in [0.1, 0.15) is 24.9 Å². The molecule has 2 aliphatic heterocycles. The van der Waals surface area contributed by atoms with Crippen LogP contribution in [0.3, 0.4) is 0 Å². The standard InChI is InChI=1S/C42H65N11O8/c1-24-15-16-35(55)46-17-7-13-30(36(43)56)49-39(59)33(20-26-22-48-29-12-6-5-11-28(26)29)51-37(57)31(14-8-18-47-42(44)45)50-38(58)32(19-25-9-3-2-4-10-25)52-40(60)34-21-27(54)23-53(34)41(24)61/h2-6,9-12,22,24,27,30-34,37,39-41,48-49,51-52,54,57,59-61H,7-8,13-21,23H2,1H3,(H2,43,56)(H,46,55)(H,50,58)(H4,44,45,47)/t24-,27?,30-,31-,32+,33-,34-,37?,39?,40?,41?/m0/s1. The second kappa shape index (κ2) is 22.9. The average Bonchev–Trinajstić information content (AvgIpc) is 3.84. The van der Waals surface area contributed by atoms with E-state index in [1.54, 1.807) is 18.0 Å². The first-order valence-electron chi connectivity index (χ1n) is 21.2. The van der Waals surface area contributed by atoms with Gasteiger partial charge < -0.3 is 57.9 Å². The fraction of sp³-hybridized carbons (Fsp3) is 0.571. The number of aromatic amines is 1. The number of nitrogens with zero attached hydrogens (tertiary/aromatic N) is 1. The molecule has 3 aromatic rings. The normalized spacial score (nSPS) is 30.8. The Morgan fingerprint density at radius 2 is 1.62 bits per heavy atom. The highest BCUT2D eigenvalue weighted by Gasteiger charge is 2.42. The van der Waals surface area contributed by atoms with Crippen LogP contribution in [0.4, 0.5) is 0 Å². The van der Waals surface area contributed by atoms with Crippen LogP contribution in [0, 0.1) is 11.3 Å². The SMILES string of the molecule is C[C@H]1CCC(=O)NCCC[C@@H](C(N)=O)NC(O)[C@H](Cc2c[nH]c3ccccc23)NC(O)[C@H](CCCNC(=N)N)NC(=O)[C@@H](Cc2ccccc2)NC(O)[C@@H]2CC(O)CN2C1O. The molecular formula is C42H65N11O8. The topological polar surface area (TPSA) is 319 Å². The Labute approximate surface area is 355 Å². The van der Waals surface area contributed by atoms with E-state index in [2.05, 4.69) is 36.9 Å². The lowest BCUT2D eigenvalue weighted by molar-refractivity contribution is -0.127. The minimum atomic E-state index is -1.49. The summed E-state index contributed by atoms with van der Waals surface area (Å²) in [5.74, 6) is -2.24. The minimum Gasteiger partial charge on any atom is -0.392 e. The van der Waals surface area contributed by atoms with E-state index in [4.69, 9.17) is 16.9 Å². The number of aromatic nitrogens is 1. The number of primary amides is 1. The van der Waals surface area contributed by atoms with E-state index >= 15 is 0 Å². The van der Waals surface area contributed by atoms with Crippen molar-refractivity contribution < 1.29 is 39.9 Å². The van der Waals surface area contributed by atoms with Crippen LogP contribution in [0.5, 0.6) is 0 Å². The van der Waals surface area contributed by atoms with Gasteiger partial charge in [-0.1, -0.05) is 55.5 Å². The summed E-state index contributed by atoms with van der Waals surface area (Å²) in [6.45, 7) is 2.31. The molecule has 3 heterocycles. The van der Waals surface area contributed by atoms with Crippen LogP contribution in [-0.4, -0.2) is 140 Å². The van der Waals surface area contributed by atoms with E-state index < -0.39 is 79.0 Å². The monoisotopic (exact) mass is 852 g/mol. The van der Waals surface area contributed by atoms with Gasteiger partial charge in [-0.3, -0.25) is 40.6 Å². The number of carbonyl (C=O) groups is 3. The number of amides is 3. The molecule has 0 radical (unpaired) electrons. The zero-order valence-electron chi connectivity index (χ0n) is 34.7. The number of hydrogen-bond donors (Lipinski definition) is 15. The van der Waals surface area contributed by atoms with Crippen molar-refractivity contribution >= 4 is 34.6 Å². The maximum atomic E-state index is 14.5. The highest BCUT2D eigenvalue weighted by molar-refractivity contribution is 5.83. The summed E-state index contributed by atoms with van der Waals surface area (Å²) in [5.41, 5.74) is 13.7. The first-order valence-corrected chi connectivity index (χ1v) is 21.2. The molecule has 61 heavy (non-hydrogen) atoms. The maximum Gasteiger partial charge on any atom is 0.237 e. The lowest BCUT2D eigenvalue weighted by atomic mass is 10.00. The Bertz CT molecular complexity index is 1870. The number of fused-ring (bicyclic) bond motifs is 2. The van der Waals surface area contributed by atoms with E-state index in [0.29, 0.717) is 19.3 Å². The van der Waals surface area contributed by atoms with Crippen LogP contribution in [0.2, 0.25) is 0 Å². The molecule has 0 spiro atoms. The zero-order chi connectivity index (χ0) is 44.1. The number of rotatable bonds is 9. The van der Waals surface area contributed by atoms with Gasteiger partial charge in [-0.2, -0.15) is 0 Å². The van der Waals surface area contributed by atoms with E-state index in [9.17, 15) is 39.9 Å². The van der Waals surface area contributed by atoms with Gasteiger partial charge in [0.2, 0.25) is 17.7 Å². The van der Waals surface area contributed by atoms with E-state index in [-0.39, 0.29) is 70.0 Å². The second-order valence-electron chi connectivity index (χ2n) is 16.4. The maximum absolute atomic E-state index is 14.5. The summed E-state index contributed by atoms with van der Waals surface area (Å²) >= 11 is 0. The van der Waals surface area contributed by atoms with Crippen molar-refractivity contribution in [3.8, 4) is 0 Å². The van der Waals surface area contributed by atoms with Crippen molar-refractivity contribution in [2.24, 2.45) is 17.4 Å². The molecule has 0 saturated carbocycles. The summed E-state index contributed by atoms with van der Waals surface area (Å²) in [6, 6.07) is 11.9. The van der Waals surface area contributed by atoms with Crippen molar-refractivity contribution in [1.82, 2.24) is 41.8 Å². The van der Waals surface area contributed by atoms with Crippen LogP contribution >= 0.6 is 0 Å². The van der Waals surface area contributed by atoms with Crippen molar-refractivity contribution in [1.29, 1.82) is 5.41 Å². The fourth-order valence-electron chi connectivity index (χ4n) is 8.24. The number of aliphatic hydroxyl groups excluding tert-OH is 5. The third-order valence-corrected chi connectivity index (χ3v) is 11.7. The summed E-state index contributed by atoms with van der Waals surface area (Å²) in [7, 11) is 0. The Morgan fingerprint density at radius 1 is 0.902 bits per heavy atom. The van der Waals surface area contributed by atoms with Gasteiger partial charge in [-0.05, 0) is 74.5 Å². The number of para-hydroxylation sites is 1. The summed E-state index contributed by atoms with van der Waals surface area (Å²) in [5, 5.41) is 83.7. The number of aliphatic hydroxyl groups is 5. The van der Waals surface area contributed by atoms with E-state index in [1.165, 1.54) is 0 Å². The first kappa shape index (κ1) is 47.4. The average molecular weight is 852 g/mol. The molecule has 2 fully saturated rings. The number of nitrogens with two attached hydrogens (primary N) is 2. The summed E-state index contributed by atoms with van der Waals surface area (Å²) in [4.78, 5) is 44.8. The first-order chi connectivity index (χ1) is 29.2. The lowest BCUT2D eigenvalue weighted by Gasteiger charge is -2.37. The minimum absolute atomic E-state index is 0.0610. The highest BCUT2D eigenvalue weighted by atomic mass is 16.3. The summed E-state index contributed by atoms with van der Waals surface area (Å²) in [6.07, 6.45) is -2.75. The number of nitrogens with one attached hydrogen (secondary N) is 8. The fourth-order valence-corrected chi connectivity index (χ4v) is 8.24. The third kappa shape index (κ3) is 13.9. The van der Waals surface area contributed by atoms with Gasteiger partial charge >= 0.3 is 0 Å². The van der Waals surface area contributed by atoms with Gasteiger partial charge in [0.25, 0.3) is 0 Å². The van der Waals surface area contributed by atoms with Crippen molar-refractivity contribution in [2.75, 3.05) is 19.6 Å². The van der Waals surface area contributed by atoms with Crippen LogP contribution in [0.25, 0.3) is 10.9 Å². The molecule has 19 nitrogen and oxygen atoms in total. The highest BCUT2D eigenvalue weighted by Crippen LogP contribution is 2.27. The molecule has 11 atom stereocenters. The van der Waals surface area contributed by atoms with Gasteiger partial charge in [-0.25, -0.2) is 0 Å². The van der Waals surface area contributed by atoms with Crippen LogP contribution in [0.1, 0.15) is 63.0 Å². The molecule has 5 rings (SSSR count). The second-order valence-corrected chi connectivity index (χ2v) is 16.4. The molecule has 5 unspecified atom stereocenters. The molecule has 2 aromatic carbocycles. The summed E-state index contributed by atoms with van der Waals surface area (Å²) < 4.78 is 0. The van der Waals surface area contributed by atoms with Gasteiger partial charge in [-0.15, -0.1) is 0 Å². The quantitative estimate of drug-likeness (QED) is 0.0636. The van der Waals surface area contributed by atoms with Crippen molar-refractivity contribution in [3.05, 3.63) is 71.9 Å².